The summed E-state index contributed by atoms with van der Waals surface area (Å²) in [5.74, 6) is -0.813. The van der Waals surface area contributed by atoms with E-state index in [1.54, 1.807) is 0 Å². The van der Waals surface area contributed by atoms with Crippen LogP contribution in [0, 0.1) is 5.82 Å². The van der Waals surface area contributed by atoms with Crippen LogP contribution in [-0.2, 0) is 10.0 Å². The second-order valence-electron chi connectivity index (χ2n) is 3.94. The van der Waals surface area contributed by atoms with Crippen molar-refractivity contribution in [3.05, 3.63) is 24.0 Å². The van der Waals surface area contributed by atoms with Crippen LogP contribution in [0.1, 0.15) is 19.3 Å². The van der Waals surface area contributed by atoms with Gasteiger partial charge < -0.3 is 5.73 Å². The SMILES string of the molecule is Nc1ccc(S(=O)(=O)NC2CCC2)c(F)c1. The van der Waals surface area contributed by atoms with Crippen LogP contribution in [0.4, 0.5) is 10.1 Å². The van der Waals surface area contributed by atoms with Crippen molar-refractivity contribution in [3.8, 4) is 0 Å². The zero-order valence-electron chi connectivity index (χ0n) is 8.61. The molecule has 0 radical (unpaired) electrons. The van der Waals surface area contributed by atoms with Crippen LogP contribution in [-0.4, -0.2) is 14.5 Å². The molecule has 0 aromatic heterocycles. The summed E-state index contributed by atoms with van der Waals surface area (Å²) in [6.45, 7) is 0. The molecule has 16 heavy (non-hydrogen) atoms. The number of sulfonamides is 1. The molecular formula is C10H13FN2O2S. The molecule has 4 nitrogen and oxygen atoms in total. The zero-order valence-corrected chi connectivity index (χ0v) is 9.43. The van der Waals surface area contributed by atoms with Crippen molar-refractivity contribution in [3.63, 3.8) is 0 Å². The first-order valence-electron chi connectivity index (χ1n) is 5.06. The molecule has 0 unspecified atom stereocenters. The van der Waals surface area contributed by atoms with Crippen molar-refractivity contribution in [2.75, 3.05) is 5.73 Å². The molecule has 6 heteroatoms. The summed E-state index contributed by atoms with van der Waals surface area (Å²) in [4.78, 5) is -0.339. The van der Waals surface area contributed by atoms with Gasteiger partial charge in [-0.1, -0.05) is 6.42 Å². The molecule has 0 saturated heterocycles. The van der Waals surface area contributed by atoms with Gasteiger partial charge in [-0.2, -0.15) is 0 Å². The number of anilines is 1. The summed E-state index contributed by atoms with van der Waals surface area (Å²) in [6, 6.07) is 3.52. The summed E-state index contributed by atoms with van der Waals surface area (Å²) in [5.41, 5.74) is 5.56. The van der Waals surface area contributed by atoms with Crippen LogP contribution in [0.2, 0.25) is 0 Å². The molecule has 0 bridgehead atoms. The Labute approximate surface area is 93.7 Å². The minimum Gasteiger partial charge on any atom is -0.399 e. The van der Waals surface area contributed by atoms with Gasteiger partial charge in [0.25, 0.3) is 0 Å². The molecule has 1 fully saturated rings. The highest BCUT2D eigenvalue weighted by Gasteiger charge is 2.26. The largest absolute Gasteiger partial charge is 0.399 e. The Morgan fingerprint density at radius 1 is 1.38 bits per heavy atom. The van der Waals surface area contributed by atoms with Crippen molar-refractivity contribution in [2.45, 2.75) is 30.2 Å². The van der Waals surface area contributed by atoms with Gasteiger partial charge in [0, 0.05) is 11.7 Å². The predicted molar refractivity (Wildman–Crippen MR) is 58.8 cm³/mol. The van der Waals surface area contributed by atoms with Gasteiger partial charge in [0.05, 0.1) is 0 Å². The van der Waals surface area contributed by atoms with Gasteiger partial charge in [-0.3, -0.25) is 0 Å². The first-order chi connectivity index (χ1) is 7.49. The van der Waals surface area contributed by atoms with E-state index in [4.69, 9.17) is 5.73 Å². The highest BCUT2D eigenvalue weighted by Crippen LogP contribution is 2.22. The number of halogens is 1. The molecule has 0 atom stereocenters. The van der Waals surface area contributed by atoms with Crippen molar-refractivity contribution in [1.82, 2.24) is 4.72 Å². The van der Waals surface area contributed by atoms with Crippen molar-refractivity contribution in [1.29, 1.82) is 0 Å². The van der Waals surface area contributed by atoms with E-state index < -0.39 is 15.8 Å². The number of hydrogen-bond donors (Lipinski definition) is 2. The first-order valence-corrected chi connectivity index (χ1v) is 6.55. The van der Waals surface area contributed by atoms with Gasteiger partial charge in [0.2, 0.25) is 10.0 Å². The fourth-order valence-corrected chi connectivity index (χ4v) is 2.91. The monoisotopic (exact) mass is 244 g/mol. The van der Waals surface area contributed by atoms with E-state index in [1.807, 2.05) is 0 Å². The normalized spacial score (nSPS) is 17.1. The molecule has 1 aliphatic carbocycles. The highest BCUT2D eigenvalue weighted by atomic mass is 32.2. The van der Waals surface area contributed by atoms with Crippen molar-refractivity contribution < 1.29 is 12.8 Å². The van der Waals surface area contributed by atoms with E-state index >= 15 is 0 Å². The predicted octanol–water partition coefficient (Wildman–Crippen LogP) is 1.24. The van der Waals surface area contributed by atoms with E-state index in [2.05, 4.69) is 4.72 Å². The quantitative estimate of drug-likeness (QED) is 0.786. The van der Waals surface area contributed by atoms with Crippen molar-refractivity contribution >= 4 is 15.7 Å². The number of nitrogens with one attached hydrogen (secondary N) is 1. The van der Waals surface area contributed by atoms with Crippen molar-refractivity contribution in [2.24, 2.45) is 0 Å². The van der Waals surface area contributed by atoms with Crippen LogP contribution in [0.25, 0.3) is 0 Å². The Morgan fingerprint density at radius 2 is 2.06 bits per heavy atom. The molecule has 1 saturated carbocycles. The second kappa shape index (κ2) is 4.03. The Kier molecular flexibility index (Phi) is 2.86. The smallest absolute Gasteiger partial charge is 0.243 e. The standard InChI is InChI=1S/C10H13FN2O2S/c11-9-6-7(12)4-5-10(9)16(14,15)13-8-2-1-3-8/h4-6,8,13H,1-3,12H2. The maximum absolute atomic E-state index is 13.4. The number of benzene rings is 1. The van der Waals surface area contributed by atoms with Crippen LogP contribution in [0.15, 0.2) is 23.1 Å². The molecule has 0 aliphatic heterocycles. The first kappa shape index (κ1) is 11.3. The third-order valence-electron chi connectivity index (χ3n) is 2.67. The molecule has 88 valence electrons. The Hall–Kier alpha value is -1.14. The third-order valence-corrected chi connectivity index (χ3v) is 4.23. The topological polar surface area (TPSA) is 72.2 Å². The minimum absolute atomic E-state index is 0.0537. The van der Waals surface area contributed by atoms with E-state index in [9.17, 15) is 12.8 Å². The zero-order chi connectivity index (χ0) is 11.8. The highest BCUT2D eigenvalue weighted by molar-refractivity contribution is 7.89. The Morgan fingerprint density at radius 3 is 2.56 bits per heavy atom. The molecule has 0 amide bonds. The number of nitrogens with two attached hydrogens (primary N) is 1. The van der Waals surface area contributed by atoms with E-state index in [1.165, 1.54) is 12.1 Å². The average Bonchev–Trinajstić information content (AvgIpc) is 2.11. The lowest BCUT2D eigenvalue weighted by atomic mass is 9.94. The van der Waals surface area contributed by atoms with E-state index in [-0.39, 0.29) is 16.6 Å². The summed E-state index contributed by atoms with van der Waals surface area (Å²) < 4.78 is 39.4. The lowest BCUT2D eigenvalue weighted by Crippen LogP contribution is -2.39. The molecular weight excluding hydrogens is 231 g/mol. The van der Waals surface area contributed by atoms with Gasteiger partial charge in [0.1, 0.15) is 10.7 Å². The number of rotatable bonds is 3. The molecule has 1 aliphatic rings. The third kappa shape index (κ3) is 2.17. The Bertz CT molecular complexity index is 498. The minimum atomic E-state index is -3.75. The van der Waals surface area contributed by atoms with E-state index in [0.29, 0.717) is 0 Å². The van der Waals surface area contributed by atoms with Crippen LogP contribution in [0.3, 0.4) is 0 Å². The molecule has 1 aromatic carbocycles. The van der Waals surface area contributed by atoms with Gasteiger partial charge >= 0.3 is 0 Å². The van der Waals surface area contributed by atoms with Crippen LogP contribution >= 0.6 is 0 Å². The van der Waals surface area contributed by atoms with Gasteiger partial charge in [-0.05, 0) is 31.0 Å². The fraction of sp³-hybridized carbons (Fsp3) is 0.400. The molecule has 0 heterocycles. The molecule has 3 N–H and O–H groups in total. The Balaban J connectivity index is 2.27. The summed E-state index contributed by atoms with van der Waals surface area (Å²) in [7, 11) is -3.75. The number of nitrogen functional groups attached to an aromatic ring is 1. The molecule has 1 aromatic rings. The average molecular weight is 244 g/mol. The van der Waals surface area contributed by atoms with Gasteiger partial charge in [-0.15, -0.1) is 0 Å². The maximum atomic E-state index is 13.4. The van der Waals surface area contributed by atoms with E-state index in [0.717, 1.165) is 25.3 Å². The molecule has 2 rings (SSSR count). The second-order valence-corrected chi connectivity index (χ2v) is 5.62. The molecule has 0 spiro atoms. The van der Waals surface area contributed by atoms with Crippen LogP contribution in [0.5, 0.6) is 0 Å². The fourth-order valence-electron chi connectivity index (χ4n) is 1.54. The maximum Gasteiger partial charge on any atom is 0.243 e. The summed E-state index contributed by atoms with van der Waals surface area (Å²) >= 11 is 0. The van der Waals surface area contributed by atoms with Crippen LogP contribution < -0.4 is 10.5 Å². The lowest BCUT2D eigenvalue weighted by molar-refractivity contribution is 0.383. The summed E-state index contributed by atoms with van der Waals surface area (Å²) in [6.07, 6.45) is 2.64. The lowest BCUT2D eigenvalue weighted by Gasteiger charge is -2.26. The number of hydrogen-bond acceptors (Lipinski definition) is 3. The van der Waals surface area contributed by atoms with Gasteiger partial charge in [0.15, 0.2) is 0 Å². The summed E-state index contributed by atoms with van der Waals surface area (Å²) in [5, 5.41) is 0. The van der Waals surface area contributed by atoms with Gasteiger partial charge in [-0.25, -0.2) is 17.5 Å².